The van der Waals surface area contributed by atoms with Crippen molar-refractivity contribution in [3.63, 3.8) is 0 Å². The average Bonchev–Trinajstić information content (AvgIpc) is 3.91. The zero-order valence-electron chi connectivity index (χ0n) is 42.3. The SMILES string of the molecule is CS.NC=O.[Be+2].[CH2-]N(C)Cc1cn(CCCCC(C(=O)O)N2CCN(CC)CCN(CCCCOc3cccc4c(C(=O)NCC(=O)N5CC(F)(F)CC5C#N)ccnc34)CCN(CC(=O)O)CC2)nn1.[F-].[F-].[F-]. The van der Waals surface area contributed by atoms with E-state index in [2.05, 4.69) is 62.7 Å². The smallest absolute Gasteiger partial charge is 1.00 e. The number of amides is 3. The van der Waals surface area contributed by atoms with E-state index in [1.54, 1.807) is 40.1 Å². The van der Waals surface area contributed by atoms with E-state index in [4.69, 9.17) is 9.53 Å². The Labute approximate surface area is 438 Å². The summed E-state index contributed by atoms with van der Waals surface area (Å²) in [4.78, 5) is 74.6. The first-order valence-corrected chi connectivity index (χ1v) is 24.2. The molecule has 2 aliphatic heterocycles. The Morgan fingerprint density at radius 1 is 1.00 bits per heavy atom. The fraction of sp³-hybridized carbons (Fsp3) is 0.609. The molecular formula is C46H70BeF5N13O8S-2. The quantitative estimate of drug-likeness (QED) is 0.0166. The first-order chi connectivity index (χ1) is 33.6. The van der Waals surface area contributed by atoms with E-state index in [0.717, 1.165) is 49.6 Å². The number of carbonyl (C=O) groups is 5. The molecule has 1 aromatic carbocycles. The number of carboxylic acid groups (broad SMARTS) is 2. The molecule has 2 saturated heterocycles. The number of likely N-dealkylation sites (tertiary alicyclic amines) is 1. The third-order valence-electron chi connectivity index (χ3n) is 11.8. The zero-order chi connectivity index (χ0) is 51.6. The van der Waals surface area contributed by atoms with Crippen molar-refractivity contribution in [3.8, 4) is 11.8 Å². The summed E-state index contributed by atoms with van der Waals surface area (Å²) >= 11 is 3.53. The first kappa shape index (κ1) is 70.5. The van der Waals surface area contributed by atoms with E-state index >= 15 is 0 Å². The van der Waals surface area contributed by atoms with Gasteiger partial charge in [-0.25, -0.2) is 8.78 Å². The van der Waals surface area contributed by atoms with Crippen molar-refractivity contribution >= 4 is 63.8 Å². The van der Waals surface area contributed by atoms with Crippen LogP contribution in [-0.2, 0) is 32.3 Å². The molecule has 3 aromatic rings. The van der Waals surface area contributed by atoms with Crippen LogP contribution in [0.4, 0.5) is 8.78 Å². The van der Waals surface area contributed by atoms with Crippen LogP contribution in [0.3, 0.4) is 0 Å². The van der Waals surface area contributed by atoms with Crippen LogP contribution < -0.4 is 29.9 Å². The Morgan fingerprint density at radius 2 is 1.62 bits per heavy atom. The fourth-order valence-corrected chi connectivity index (χ4v) is 8.25. The predicted octanol–water partition coefficient (Wildman–Crippen LogP) is -7.37. The van der Waals surface area contributed by atoms with Crippen LogP contribution in [0.15, 0.2) is 36.7 Å². The number of para-hydroxylation sites is 1. The molecule has 412 valence electrons. The molecule has 0 saturated carbocycles. The summed E-state index contributed by atoms with van der Waals surface area (Å²) in [6, 6.07) is 6.45. The molecule has 2 atom stereocenters. The largest absolute Gasteiger partial charge is 2.00 e. The van der Waals surface area contributed by atoms with Gasteiger partial charge in [0.2, 0.25) is 12.3 Å². The standard InChI is InChI=1S/C44H63F2N12O7.CH3NO.CH4S.Be.3FH/c1-4-53-17-18-54(19-20-55(31-40(60)61)22-24-56(23-21-53)37(43(63)64)11-5-6-16-57-30-33(50-51-57)29-52(2)3)15-7-8-25-65-38-12-9-10-35-36(13-14-48-41(35)38)42(62)49-28-39(59)58-32-44(45,46)26-34(58)27-47;2-1-3;1-2;;;;/h9-10,12-14,30,34,37H,2,4-8,11,15-26,28-29,31-32H2,1,3H3,(H,49,62)(H,60,61)(H,63,64);1H,(H2,2,3);2H,1H3;;3*1H/q-1;;;+2;;;/p-3. The summed E-state index contributed by atoms with van der Waals surface area (Å²) in [5.74, 6) is -5.89. The monoisotopic (exact) mass is 1070 g/mol. The number of aryl methyl sites for hydroxylation is 1. The van der Waals surface area contributed by atoms with E-state index in [9.17, 15) is 43.4 Å². The molecular weight excluding hydrogens is 999 g/mol. The van der Waals surface area contributed by atoms with Gasteiger partial charge in [0.15, 0.2) is 0 Å². The Kier molecular flexibility index (Phi) is 35.4. The number of ether oxygens (including phenoxy) is 1. The van der Waals surface area contributed by atoms with Crippen molar-refractivity contribution in [1.82, 2.24) is 54.7 Å². The number of fused-ring (bicyclic) bond motifs is 1. The second kappa shape index (κ2) is 37.2. The van der Waals surface area contributed by atoms with E-state index in [-0.39, 0.29) is 42.8 Å². The van der Waals surface area contributed by atoms with E-state index < -0.39 is 61.3 Å². The van der Waals surface area contributed by atoms with Crippen molar-refractivity contribution in [3.05, 3.63) is 55.0 Å². The topological polar surface area (TPSA) is 260 Å². The summed E-state index contributed by atoms with van der Waals surface area (Å²) < 4.78 is 35.7. The number of nitrogens with two attached hydrogens (primary N) is 1. The Bertz CT molecular complexity index is 2170. The van der Waals surface area contributed by atoms with Crippen molar-refractivity contribution in [2.24, 2.45) is 5.73 Å². The van der Waals surface area contributed by atoms with Gasteiger partial charge in [-0.1, -0.05) is 24.3 Å². The molecule has 5 N–H and O–H groups in total. The van der Waals surface area contributed by atoms with E-state index in [1.807, 2.05) is 23.0 Å². The minimum absolute atomic E-state index is 0. The number of unbranched alkanes of at least 4 members (excludes halogenated alkanes) is 2. The Hall–Kier alpha value is -5.62. The maximum atomic E-state index is 13.9. The summed E-state index contributed by atoms with van der Waals surface area (Å²) in [5.41, 5.74) is 5.65. The number of carboxylic acids is 2. The van der Waals surface area contributed by atoms with Crippen LogP contribution in [-0.4, -0.2) is 223 Å². The second-order valence-electron chi connectivity index (χ2n) is 16.9. The molecule has 2 unspecified atom stereocenters. The van der Waals surface area contributed by atoms with Gasteiger partial charge in [-0.2, -0.15) is 17.9 Å². The van der Waals surface area contributed by atoms with Crippen LogP contribution >= 0.6 is 12.6 Å². The number of nitriles is 1. The van der Waals surface area contributed by atoms with Gasteiger partial charge in [0.25, 0.3) is 11.8 Å². The molecule has 21 nitrogen and oxygen atoms in total. The van der Waals surface area contributed by atoms with Crippen molar-refractivity contribution in [1.29, 1.82) is 5.26 Å². The van der Waals surface area contributed by atoms with E-state index in [1.165, 1.54) is 12.3 Å². The molecule has 0 spiro atoms. The van der Waals surface area contributed by atoms with Crippen LogP contribution in [0.5, 0.6) is 5.75 Å². The number of alkyl halides is 2. The molecule has 3 amide bonds. The summed E-state index contributed by atoms with van der Waals surface area (Å²) in [6.07, 6.45) is 7.91. The number of rotatable bonds is 21. The molecule has 74 heavy (non-hydrogen) atoms. The van der Waals surface area contributed by atoms with Crippen LogP contribution in [0.2, 0.25) is 0 Å². The number of pyridine rings is 1. The first-order valence-electron chi connectivity index (χ1n) is 23.3. The third kappa shape index (κ3) is 23.7. The predicted molar refractivity (Wildman–Crippen MR) is 267 cm³/mol. The summed E-state index contributed by atoms with van der Waals surface area (Å²) in [5, 5.41) is 40.7. The molecule has 2 fully saturated rings. The third-order valence-corrected chi connectivity index (χ3v) is 11.8. The van der Waals surface area contributed by atoms with Crippen molar-refractivity contribution in [2.75, 3.05) is 105 Å². The maximum Gasteiger partial charge on any atom is 2.00 e. The number of primary amides is 1. The van der Waals surface area contributed by atoms with Gasteiger partial charge < -0.3 is 59.7 Å². The minimum Gasteiger partial charge on any atom is -1.00 e. The zero-order valence-corrected chi connectivity index (χ0v) is 43.2. The molecule has 0 radical (unpaired) electrons. The number of hydrogen-bond donors (Lipinski definition) is 5. The molecule has 0 aliphatic carbocycles. The van der Waals surface area contributed by atoms with Crippen LogP contribution in [0, 0.1) is 18.4 Å². The van der Waals surface area contributed by atoms with Gasteiger partial charge in [0, 0.05) is 89.6 Å². The number of halogens is 5. The van der Waals surface area contributed by atoms with Gasteiger partial charge in [-0.05, 0) is 70.6 Å². The number of thiol groups is 1. The van der Waals surface area contributed by atoms with Crippen LogP contribution in [0.25, 0.3) is 10.9 Å². The number of nitrogens with zero attached hydrogens (tertiary/aromatic N) is 11. The van der Waals surface area contributed by atoms with Gasteiger partial charge in [-0.15, -0.1) is 5.10 Å². The van der Waals surface area contributed by atoms with Gasteiger partial charge in [-0.3, -0.25) is 50.5 Å². The second-order valence-corrected chi connectivity index (χ2v) is 16.9. The Morgan fingerprint density at radius 3 is 2.24 bits per heavy atom. The number of aromatic nitrogens is 4. The number of hydrogen-bond acceptors (Lipinski definition) is 16. The van der Waals surface area contributed by atoms with Crippen molar-refractivity contribution in [2.45, 2.75) is 76.5 Å². The Balaban J connectivity index is 0. The minimum atomic E-state index is -3.16. The number of aliphatic carboxylic acids is 2. The number of nitrogens with one attached hydrogen (secondary N) is 1. The molecule has 28 heteroatoms. The summed E-state index contributed by atoms with van der Waals surface area (Å²) in [6.45, 7) is 8.34. The molecule has 2 aromatic heterocycles. The van der Waals surface area contributed by atoms with Crippen LogP contribution in [0.1, 0.15) is 61.5 Å². The molecule has 0 bridgehead atoms. The number of likely N-dealkylation sites (N-methyl/N-ethyl adjacent to an activating group) is 1. The molecule has 4 heterocycles. The molecule has 2 aliphatic rings. The number of benzene rings is 1. The molecule has 5 rings (SSSR count). The summed E-state index contributed by atoms with van der Waals surface area (Å²) in [7, 11) is 5.70. The maximum absolute atomic E-state index is 13.9. The normalized spacial score (nSPS) is 16.7. The van der Waals surface area contributed by atoms with E-state index in [0.29, 0.717) is 94.9 Å². The van der Waals surface area contributed by atoms with Crippen molar-refractivity contribution < 1.29 is 61.8 Å². The van der Waals surface area contributed by atoms with Gasteiger partial charge in [0.05, 0.1) is 43.6 Å². The van der Waals surface area contributed by atoms with Gasteiger partial charge in [0.1, 0.15) is 23.3 Å². The average molecular weight is 1070 g/mol. The number of carbonyl (C=O) groups excluding carboxylic acids is 3. The van der Waals surface area contributed by atoms with Gasteiger partial charge >= 0.3 is 22.1 Å². The fourth-order valence-electron chi connectivity index (χ4n) is 8.25.